The molecule has 0 aliphatic carbocycles. The number of hydrogen-bond acceptors (Lipinski definition) is 2. The Morgan fingerprint density at radius 2 is 2.00 bits per heavy atom. The number of carbonyl (C=O) groups excluding carboxylic acids is 2. The van der Waals surface area contributed by atoms with Crippen LogP contribution in [0.4, 0.5) is 0 Å². The van der Waals surface area contributed by atoms with Gasteiger partial charge < -0.3 is 4.90 Å². The maximum atomic E-state index is 11.3. The minimum Gasteiger partial charge on any atom is -0.329 e. The van der Waals surface area contributed by atoms with Crippen LogP contribution in [0.15, 0.2) is 12.7 Å². The monoisotopic (exact) mass is 183 g/mol. The van der Waals surface area contributed by atoms with Crippen molar-refractivity contribution in [1.82, 2.24) is 4.90 Å². The van der Waals surface area contributed by atoms with E-state index < -0.39 is 0 Å². The Labute approximate surface area is 79.4 Å². The molecule has 0 radical (unpaired) electrons. The van der Waals surface area contributed by atoms with Crippen LogP contribution in [-0.2, 0) is 9.59 Å². The summed E-state index contributed by atoms with van der Waals surface area (Å²) in [6.07, 6.45) is 1.70. The zero-order chi connectivity index (χ0) is 10.4. The zero-order valence-corrected chi connectivity index (χ0v) is 8.54. The fourth-order valence-corrected chi connectivity index (χ4v) is 0.934. The Bertz CT molecular complexity index is 209. The van der Waals surface area contributed by atoms with Gasteiger partial charge in [-0.3, -0.25) is 9.59 Å². The molecule has 0 bridgehead atoms. The summed E-state index contributed by atoms with van der Waals surface area (Å²) in [5.74, 6) is -0.110. The van der Waals surface area contributed by atoms with Gasteiger partial charge in [-0.1, -0.05) is 13.5 Å². The van der Waals surface area contributed by atoms with Gasteiger partial charge in [-0.05, 0) is 19.9 Å². The van der Waals surface area contributed by atoms with Crippen LogP contribution in [0, 0.1) is 0 Å². The van der Waals surface area contributed by atoms with Crippen LogP contribution in [0.5, 0.6) is 0 Å². The lowest BCUT2D eigenvalue weighted by Crippen LogP contribution is -2.39. The first kappa shape index (κ1) is 11.9. The number of rotatable bonds is 5. The van der Waals surface area contributed by atoms with Gasteiger partial charge in [0.15, 0.2) is 5.78 Å². The van der Waals surface area contributed by atoms with Gasteiger partial charge >= 0.3 is 0 Å². The molecule has 0 aromatic carbocycles. The van der Waals surface area contributed by atoms with Gasteiger partial charge in [-0.25, -0.2) is 0 Å². The molecule has 3 nitrogen and oxygen atoms in total. The van der Waals surface area contributed by atoms with Gasteiger partial charge in [0, 0.05) is 12.5 Å². The van der Waals surface area contributed by atoms with E-state index in [1.165, 1.54) is 11.0 Å². The molecule has 1 amide bonds. The largest absolute Gasteiger partial charge is 0.329 e. The molecule has 74 valence electrons. The van der Waals surface area contributed by atoms with Gasteiger partial charge in [0.2, 0.25) is 5.91 Å². The highest BCUT2D eigenvalue weighted by atomic mass is 16.2. The predicted molar refractivity (Wildman–Crippen MR) is 52.3 cm³/mol. The Balaban J connectivity index is 4.34. The second kappa shape index (κ2) is 5.51. The smallest absolute Gasteiger partial charge is 0.246 e. The molecule has 0 heterocycles. The fourth-order valence-electron chi connectivity index (χ4n) is 0.934. The highest BCUT2D eigenvalue weighted by Gasteiger charge is 2.16. The van der Waals surface area contributed by atoms with Crippen LogP contribution in [0.25, 0.3) is 0 Å². The average molecular weight is 183 g/mol. The maximum absolute atomic E-state index is 11.3. The van der Waals surface area contributed by atoms with Gasteiger partial charge in [-0.2, -0.15) is 0 Å². The predicted octanol–water partition coefficient (Wildman–Crippen LogP) is 1.39. The lowest BCUT2D eigenvalue weighted by molar-refractivity contribution is -0.133. The Kier molecular flexibility index (Phi) is 5.04. The molecule has 0 saturated carbocycles. The first-order valence-corrected chi connectivity index (χ1v) is 4.47. The van der Waals surface area contributed by atoms with E-state index in [1.807, 2.05) is 13.8 Å². The third-order valence-corrected chi connectivity index (χ3v) is 1.82. The molecule has 0 fully saturated rings. The van der Waals surface area contributed by atoms with Crippen LogP contribution >= 0.6 is 0 Å². The maximum Gasteiger partial charge on any atom is 0.246 e. The molecular formula is C10H17NO2. The van der Waals surface area contributed by atoms with Crippen molar-refractivity contribution >= 4 is 11.7 Å². The molecule has 0 saturated heterocycles. The molecule has 0 atom stereocenters. The number of nitrogens with zero attached hydrogens (tertiary/aromatic N) is 1. The Morgan fingerprint density at radius 1 is 1.46 bits per heavy atom. The minimum atomic E-state index is -0.184. The standard InChI is InChI=1S/C10H17NO2/c1-5-9(12)7-11(8(3)4)10(13)6-2/h6,8H,2,5,7H2,1,3-4H3. The lowest BCUT2D eigenvalue weighted by atomic mass is 10.2. The van der Waals surface area contributed by atoms with Gasteiger partial charge in [0.25, 0.3) is 0 Å². The summed E-state index contributed by atoms with van der Waals surface area (Å²) >= 11 is 0. The Morgan fingerprint density at radius 3 is 2.31 bits per heavy atom. The molecule has 0 aliphatic rings. The molecule has 3 heteroatoms. The molecule has 0 aromatic rings. The third kappa shape index (κ3) is 3.87. The van der Waals surface area contributed by atoms with E-state index in [2.05, 4.69) is 6.58 Å². The van der Waals surface area contributed by atoms with Crippen LogP contribution < -0.4 is 0 Å². The van der Waals surface area contributed by atoms with Crippen molar-refractivity contribution in [3.8, 4) is 0 Å². The van der Waals surface area contributed by atoms with Crippen LogP contribution in [0.1, 0.15) is 27.2 Å². The summed E-state index contributed by atoms with van der Waals surface area (Å²) < 4.78 is 0. The quantitative estimate of drug-likeness (QED) is 0.604. The third-order valence-electron chi connectivity index (χ3n) is 1.82. The molecule has 0 aromatic heterocycles. The van der Waals surface area contributed by atoms with Crippen molar-refractivity contribution in [2.75, 3.05) is 6.54 Å². The lowest BCUT2D eigenvalue weighted by Gasteiger charge is -2.24. The van der Waals surface area contributed by atoms with Crippen molar-refractivity contribution in [2.45, 2.75) is 33.2 Å². The SMILES string of the molecule is C=CC(=O)N(CC(=O)CC)C(C)C. The van der Waals surface area contributed by atoms with E-state index in [4.69, 9.17) is 0 Å². The number of Topliss-reactive ketones (excluding diaryl/α,β-unsaturated/α-hetero) is 1. The van der Waals surface area contributed by atoms with E-state index in [-0.39, 0.29) is 24.3 Å². The molecule has 0 unspecified atom stereocenters. The first-order chi connectivity index (χ1) is 6.02. The minimum absolute atomic E-state index is 0.0426. The molecule has 0 N–H and O–H groups in total. The van der Waals surface area contributed by atoms with Crippen molar-refractivity contribution in [2.24, 2.45) is 0 Å². The molecular weight excluding hydrogens is 166 g/mol. The van der Waals surface area contributed by atoms with Crippen molar-refractivity contribution in [3.05, 3.63) is 12.7 Å². The van der Waals surface area contributed by atoms with E-state index in [9.17, 15) is 9.59 Å². The van der Waals surface area contributed by atoms with E-state index in [1.54, 1.807) is 6.92 Å². The van der Waals surface area contributed by atoms with E-state index in [0.29, 0.717) is 6.42 Å². The van der Waals surface area contributed by atoms with E-state index in [0.717, 1.165) is 0 Å². The van der Waals surface area contributed by atoms with Gasteiger partial charge in [-0.15, -0.1) is 0 Å². The van der Waals surface area contributed by atoms with Crippen molar-refractivity contribution in [1.29, 1.82) is 0 Å². The highest BCUT2D eigenvalue weighted by molar-refractivity contribution is 5.91. The number of ketones is 1. The molecule has 0 rings (SSSR count). The van der Waals surface area contributed by atoms with Crippen molar-refractivity contribution < 1.29 is 9.59 Å². The number of amides is 1. The summed E-state index contributed by atoms with van der Waals surface area (Å²) in [6.45, 7) is 9.14. The average Bonchev–Trinajstić information content (AvgIpc) is 2.11. The summed E-state index contributed by atoms with van der Waals surface area (Å²) in [5.41, 5.74) is 0. The fraction of sp³-hybridized carbons (Fsp3) is 0.600. The Hall–Kier alpha value is -1.12. The summed E-state index contributed by atoms with van der Waals surface area (Å²) in [6, 6.07) is 0.0426. The molecule has 0 spiro atoms. The second-order valence-electron chi connectivity index (χ2n) is 3.16. The summed E-state index contributed by atoms with van der Waals surface area (Å²) in [5, 5.41) is 0. The highest BCUT2D eigenvalue weighted by Crippen LogP contribution is 2.00. The molecule has 0 aliphatic heterocycles. The molecule has 13 heavy (non-hydrogen) atoms. The number of hydrogen-bond donors (Lipinski definition) is 0. The van der Waals surface area contributed by atoms with Gasteiger partial charge in [0.05, 0.1) is 6.54 Å². The van der Waals surface area contributed by atoms with Crippen LogP contribution in [0.2, 0.25) is 0 Å². The summed E-state index contributed by atoms with van der Waals surface area (Å²) in [7, 11) is 0. The topological polar surface area (TPSA) is 37.4 Å². The second-order valence-corrected chi connectivity index (χ2v) is 3.16. The van der Waals surface area contributed by atoms with Crippen molar-refractivity contribution in [3.63, 3.8) is 0 Å². The normalized spacial score (nSPS) is 9.85. The number of carbonyl (C=O) groups is 2. The summed E-state index contributed by atoms with van der Waals surface area (Å²) in [4.78, 5) is 23.9. The van der Waals surface area contributed by atoms with Crippen LogP contribution in [0.3, 0.4) is 0 Å². The first-order valence-electron chi connectivity index (χ1n) is 4.47. The van der Waals surface area contributed by atoms with E-state index >= 15 is 0 Å². The van der Waals surface area contributed by atoms with Gasteiger partial charge in [0.1, 0.15) is 0 Å². The van der Waals surface area contributed by atoms with Crippen LogP contribution in [-0.4, -0.2) is 29.2 Å². The zero-order valence-electron chi connectivity index (χ0n) is 8.54.